The van der Waals surface area contributed by atoms with E-state index in [2.05, 4.69) is 25.3 Å². The number of aromatic amines is 1. The van der Waals surface area contributed by atoms with Crippen LogP contribution in [0.15, 0.2) is 27.7 Å². The first-order valence-corrected chi connectivity index (χ1v) is 10.7. The highest BCUT2D eigenvalue weighted by Gasteiger charge is 2.35. The van der Waals surface area contributed by atoms with Gasteiger partial charge < -0.3 is 9.26 Å². The maximum Gasteiger partial charge on any atom is 0.246 e. The number of piperidine rings is 1. The largest absolute Gasteiger partial charge is 0.481 e. The van der Waals surface area contributed by atoms with E-state index in [-0.39, 0.29) is 17.4 Å². The molecule has 0 saturated carbocycles. The Morgan fingerprint density at radius 1 is 1.34 bits per heavy atom. The van der Waals surface area contributed by atoms with Crippen molar-refractivity contribution < 1.29 is 17.7 Å². The van der Waals surface area contributed by atoms with Gasteiger partial charge in [-0.3, -0.25) is 5.10 Å². The van der Waals surface area contributed by atoms with E-state index in [1.165, 1.54) is 11.4 Å². The average molecular weight is 418 g/mol. The van der Waals surface area contributed by atoms with Crippen LogP contribution in [0.4, 0.5) is 0 Å². The van der Waals surface area contributed by atoms with Crippen molar-refractivity contribution in [3.05, 3.63) is 35.6 Å². The molecule has 0 aromatic carbocycles. The quantitative estimate of drug-likeness (QED) is 0.667. The molecule has 1 saturated heterocycles. The molecule has 4 heterocycles. The molecule has 3 aromatic heterocycles. The Kier molecular flexibility index (Phi) is 5.09. The molecule has 0 bridgehead atoms. The molecule has 11 heteroatoms. The van der Waals surface area contributed by atoms with Crippen molar-refractivity contribution in [2.24, 2.45) is 0 Å². The number of nitrogens with one attached hydrogen (secondary N) is 1. The third-order valence-corrected chi connectivity index (χ3v) is 7.16. The molecule has 1 aliphatic rings. The third-order valence-electron chi connectivity index (χ3n) is 5.04. The second-order valence-electron chi connectivity index (χ2n) is 7.01. The molecule has 10 nitrogen and oxygen atoms in total. The van der Waals surface area contributed by atoms with Crippen molar-refractivity contribution in [1.82, 2.24) is 29.6 Å². The summed E-state index contributed by atoms with van der Waals surface area (Å²) in [6, 6.07) is 3.48. The average Bonchev–Trinajstić information content (AvgIpc) is 3.35. The number of rotatable bonds is 5. The molecule has 0 aliphatic carbocycles. The van der Waals surface area contributed by atoms with Gasteiger partial charge in [0.05, 0.1) is 24.4 Å². The van der Waals surface area contributed by atoms with Crippen molar-refractivity contribution in [2.75, 3.05) is 20.2 Å². The lowest BCUT2D eigenvalue weighted by Gasteiger charge is -2.30. The first-order valence-electron chi connectivity index (χ1n) is 9.26. The van der Waals surface area contributed by atoms with Crippen molar-refractivity contribution in [2.45, 2.75) is 37.5 Å². The summed E-state index contributed by atoms with van der Waals surface area (Å²) >= 11 is 0. The number of H-pyrrole nitrogens is 1. The first-order chi connectivity index (χ1) is 13.9. The van der Waals surface area contributed by atoms with Gasteiger partial charge >= 0.3 is 0 Å². The van der Waals surface area contributed by atoms with Crippen LogP contribution in [0, 0.1) is 13.8 Å². The van der Waals surface area contributed by atoms with E-state index in [9.17, 15) is 8.42 Å². The summed E-state index contributed by atoms with van der Waals surface area (Å²) in [6.45, 7) is 4.13. The summed E-state index contributed by atoms with van der Waals surface area (Å²) in [5.41, 5.74) is 1.73. The summed E-state index contributed by atoms with van der Waals surface area (Å²) in [4.78, 5) is 8.80. The maximum atomic E-state index is 13.1. The molecule has 29 heavy (non-hydrogen) atoms. The van der Waals surface area contributed by atoms with Crippen LogP contribution in [0.1, 0.15) is 36.0 Å². The lowest BCUT2D eigenvalue weighted by atomic mass is 10.00. The van der Waals surface area contributed by atoms with Gasteiger partial charge in [0.1, 0.15) is 4.90 Å². The Morgan fingerprint density at radius 2 is 2.17 bits per heavy atom. The molecule has 1 aliphatic heterocycles. The zero-order valence-corrected chi connectivity index (χ0v) is 17.2. The molecule has 3 aromatic rings. The highest BCUT2D eigenvalue weighted by molar-refractivity contribution is 7.89. The van der Waals surface area contributed by atoms with Gasteiger partial charge in [-0.2, -0.15) is 14.4 Å². The molecule has 0 amide bonds. The Balaban J connectivity index is 1.57. The van der Waals surface area contributed by atoms with Crippen molar-refractivity contribution in [1.29, 1.82) is 0 Å². The van der Waals surface area contributed by atoms with E-state index in [1.807, 2.05) is 0 Å². The molecule has 0 radical (unpaired) electrons. The van der Waals surface area contributed by atoms with Crippen LogP contribution in [0.5, 0.6) is 5.88 Å². The molecular weight excluding hydrogens is 396 g/mol. The Labute approximate surface area is 168 Å². The number of pyridine rings is 1. The van der Waals surface area contributed by atoms with E-state index in [1.54, 1.807) is 32.2 Å². The minimum Gasteiger partial charge on any atom is -0.481 e. The van der Waals surface area contributed by atoms with Gasteiger partial charge in [0.2, 0.25) is 27.6 Å². The Bertz CT molecular complexity index is 1100. The number of sulfonamides is 1. The maximum absolute atomic E-state index is 13.1. The molecule has 154 valence electrons. The zero-order valence-electron chi connectivity index (χ0n) is 16.4. The fourth-order valence-corrected chi connectivity index (χ4v) is 5.45. The van der Waals surface area contributed by atoms with Crippen LogP contribution in [0.3, 0.4) is 0 Å². The molecule has 0 unspecified atom stereocenters. The molecule has 0 spiro atoms. The fraction of sp³-hybridized carbons (Fsp3) is 0.444. The van der Waals surface area contributed by atoms with Crippen molar-refractivity contribution in [3.63, 3.8) is 0 Å². The number of aryl methyl sites for hydroxylation is 2. The van der Waals surface area contributed by atoms with Crippen molar-refractivity contribution >= 4 is 10.0 Å². The minimum absolute atomic E-state index is 0.170. The molecule has 4 rings (SSSR count). The van der Waals surface area contributed by atoms with Crippen LogP contribution < -0.4 is 4.74 Å². The van der Waals surface area contributed by atoms with E-state index in [4.69, 9.17) is 9.26 Å². The molecule has 1 atom stereocenters. The van der Waals surface area contributed by atoms with Crippen LogP contribution in [-0.2, 0) is 10.0 Å². The van der Waals surface area contributed by atoms with Gasteiger partial charge in [-0.25, -0.2) is 13.4 Å². The van der Waals surface area contributed by atoms with E-state index in [0.717, 1.165) is 12.0 Å². The van der Waals surface area contributed by atoms with Crippen molar-refractivity contribution in [3.8, 4) is 17.3 Å². The van der Waals surface area contributed by atoms with Crippen LogP contribution in [-0.4, -0.2) is 58.2 Å². The van der Waals surface area contributed by atoms with Gasteiger partial charge in [0.15, 0.2) is 0 Å². The predicted molar refractivity (Wildman–Crippen MR) is 103 cm³/mol. The first kappa shape index (κ1) is 19.5. The standard InChI is InChI=1S/C18H22N6O4S/c1-11-16(12(2)22-21-11)29(25,26)24-8-4-5-14(10-24)18-20-17(23-28-18)13-6-7-19-15(9-13)27-3/h6-7,9,14H,4-5,8,10H2,1-3H3,(H,21,22)/t14-/m1/s1. The third kappa shape index (κ3) is 3.62. The second kappa shape index (κ2) is 7.56. The lowest BCUT2D eigenvalue weighted by molar-refractivity contribution is 0.265. The highest BCUT2D eigenvalue weighted by atomic mass is 32.2. The molecule has 1 fully saturated rings. The van der Waals surface area contributed by atoms with Gasteiger partial charge in [-0.1, -0.05) is 5.16 Å². The van der Waals surface area contributed by atoms with E-state index < -0.39 is 10.0 Å². The normalized spacial score (nSPS) is 18.1. The number of hydrogen-bond donors (Lipinski definition) is 1. The molecular formula is C18H22N6O4S. The summed E-state index contributed by atoms with van der Waals surface area (Å²) in [5, 5.41) is 10.8. The Hall–Kier alpha value is -2.79. The number of nitrogens with zero attached hydrogens (tertiary/aromatic N) is 5. The summed E-state index contributed by atoms with van der Waals surface area (Å²) in [5.74, 6) is 1.13. The number of hydrogen-bond acceptors (Lipinski definition) is 8. The van der Waals surface area contributed by atoms with E-state index in [0.29, 0.717) is 41.9 Å². The van der Waals surface area contributed by atoms with Gasteiger partial charge in [-0.15, -0.1) is 0 Å². The lowest BCUT2D eigenvalue weighted by Crippen LogP contribution is -2.39. The minimum atomic E-state index is -3.65. The van der Waals surface area contributed by atoms with Crippen LogP contribution in [0.25, 0.3) is 11.4 Å². The zero-order chi connectivity index (χ0) is 20.6. The molecule has 1 N–H and O–H groups in total. The topological polar surface area (TPSA) is 127 Å². The van der Waals surface area contributed by atoms with Gasteiger partial charge in [0.25, 0.3) is 0 Å². The monoisotopic (exact) mass is 418 g/mol. The highest BCUT2D eigenvalue weighted by Crippen LogP contribution is 2.32. The van der Waals surface area contributed by atoms with Gasteiger partial charge in [-0.05, 0) is 32.8 Å². The summed E-state index contributed by atoms with van der Waals surface area (Å²) in [6.07, 6.45) is 3.09. The smallest absolute Gasteiger partial charge is 0.246 e. The summed E-state index contributed by atoms with van der Waals surface area (Å²) < 4.78 is 38.4. The number of methoxy groups -OCH3 is 1. The number of ether oxygens (including phenoxy) is 1. The Morgan fingerprint density at radius 3 is 2.90 bits per heavy atom. The van der Waals surface area contributed by atoms with Gasteiger partial charge in [0, 0.05) is 30.9 Å². The predicted octanol–water partition coefficient (Wildman–Crippen LogP) is 2.05. The second-order valence-corrected chi connectivity index (χ2v) is 8.88. The summed E-state index contributed by atoms with van der Waals surface area (Å²) in [7, 11) is -2.11. The fourth-order valence-electron chi connectivity index (χ4n) is 3.59. The number of aromatic nitrogens is 5. The SMILES string of the molecule is COc1cc(-c2noc([C@@H]3CCCN(S(=O)(=O)c4c(C)n[nH]c4C)C3)n2)ccn1. The van der Waals surface area contributed by atoms with Crippen LogP contribution >= 0.6 is 0 Å². The van der Waals surface area contributed by atoms with Crippen LogP contribution in [0.2, 0.25) is 0 Å². The van der Waals surface area contributed by atoms with E-state index >= 15 is 0 Å².